The molecule has 2 saturated heterocycles. The number of rotatable bonds is 1. The van der Waals surface area contributed by atoms with Gasteiger partial charge in [-0.25, -0.2) is 0 Å². The fourth-order valence-electron chi connectivity index (χ4n) is 3.15. The molecule has 0 radical (unpaired) electrons. The van der Waals surface area contributed by atoms with Gasteiger partial charge in [0.05, 0.1) is 5.56 Å². The molecule has 19 heavy (non-hydrogen) atoms. The molecule has 1 amide bonds. The average Bonchev–Trinajstić information content (AvgIpc) is 2.46. The van der Waals surface area contributed by atoms with E-state index in [1.54, 1.807) is 0 Å². The summed E-state index contributed by atoms with van der Waals surface area (Å²) in [6, 6.07) is 8.28. The Balaban J connectivity index is 1.73. The Morgan fingerprint density at radius 3 is 2.84 bits per heavy atom. The second-order valence-electron chi connectivity index (χ2n) is 5.42. The molecule has 0 aliphatic carbocycles. The number of carbonyl (C=O) groups is 1. The standard InChI is InChI=1S/C15H19BrN2O/c16-14-7-2-1-6-13(14)15(19)18-10-9-17-8-4-3-5-12(17)11-18/h1-2,6-7,12H,3-5,8-11H2. The number of amides is 1. The SMILES string of the molecule is O=C(c1ccccc1Br)N1CCN2CCCCC2C1. The van der Waals surface area contributed by atoms with Crippen LogP contribution < -0.4 is 0 Å². The molecule has 2 heterocycles. The summed E-state index contributed by atoms with van der Waals surface area (Å²) in [6.07, 6.45) is 3.85. The minimum absolute atomic E-state index is 0.165. The van der Waals surface area contributed by atoms with Gasteiger partial charge in [-0.05, 0) is 47.4 Å². The van der Waals surface area contributed by atoms with Crippen molar-refractivity contribution in [3.8, 4) is 0 Å². The van der Waals surface area contributed by atoms with E-state index in [0.29, 0.717) is 6.04 Å². The van der Waals surface area contributed by atoms with Gasteiger partial charge in [-0.15, -0.1) is 0 Å². The number of piperidine rings is 1. The first-order chi connectivity index (χ1) is 9.25. The van der Waals surface area contributed by atoms with Crippen LogP contribution in [0.3, 0.4) is 0 Å². The van der Waals surface area contributed by atoms with E-state index in [0.717, 1.165) is 29.7 Å². The summed E-state index contributed by atoms with van der Waals surface area (Å²) in [5.74, 6) is 0.165. The topological polar surface area (TPSA) is 23.6 Å². The minimum atomic E-state index is 0.165. The highest BCUT2D eigenvalue weighted by molar-refractivity contribution is 9.10. The molecular weight excluding hydrogens is 304 g/mol. The summed E-state index contributed by atoms with van der Waals surface area (Å²) in [7, 11) is 0. The van der Waals surface area contributed by atoms with Crippen LogP contribution in [0.25, 0.3) is 0 Å². The number of nitrogens with zero attached hydrogens (tertiary/aromatic N) is 2. The number of benzene rings is 1. The summed E-state index contributed by atoms with van der Waals surface area (Å²) in [5.41, 5.74) is 0.784. The van der Waals surface area contributed by atoms with Crippen LogP contribution in [0.5, 0.6) is 0 Å². The number of carbonyl (C=O) groups excluding carboxylic acids is 1. The van der Waals surface area contributed by atoms with Crippen molar-refractivity contribution in [3.05, 3.63) is 34.3 Å². The van der Waals surface area contributed by atoms with E-state index in [1.807, 2.05) is 29.2 Å². The number of piperazine rings is 1. The van der Waals surface area contributed by atoms with Crippen LogP contribution in [0.1, 0.15) is 29.6 Å². The molecule has 1 aromatic rings. The highest BCUT2D eigenvalue weighted by atomic mass is 79.9. The Morgan fingerprint density at radius 2 is 2.00 bits per heavy atom. The molecule has 3 rings (SSSR count). The second-order valence-corrected chi connectivity index (χ2v) is 6.27. The Labute approximate surface area is 122 Å². The predicted molar refractivity (Wildman–Crippen MR) is 79.3 cm³/mol. The van der Waals surface area contributed by atoms with Crippen LogP contribution in [-0.4, -0.2) is 47.9 Å². The highest BCUT2D eigenvalue weighted by Crippen LogP contribution is 2.24. The maximum absolute atomic E-state index is 12.6. The van der Waals surface area contributed by atoms with Crippen LogP contribution in [0.15, 0.2) is 28.7 Å². The molecule has 2 aliphatic heterocycles. The van der Waals surface area contributed by atoms with Crippen molar-refractivity contribution in [3.63, 3.8) is 0 Å². The largest absolute Gasteiger partial charge is 0.336 e. The van der Waals surface area contributed by atoms with Crippen molar-refractivity contribution < 1.29 is 4.79 Å². The monoisotopic (exact) mass is 322 g/mol. The third kappa shape index (κ3) is 2.70. The lowest BCUT2D eigenvalue weighted by atomic mass is 9.99. The lowest BCUT2D eigenvalue weighted by Crippen LogP contribution is -2.56. The summed E-state index contributed by atoms with van der Waals surface area (Å²) in [6.45, 7) is 3.99. The third-order valence-electron chi connectivity index (χ3n) is 4.23. The number of hydrogen-bond donors (Lipinski definition) is 0. The molecule has 0 bridgehead atoms. The van der Waals surface area contributed by atoms with Crippen molar-refractivity contribution in [2.45, 2.75) is 25.3 Å². The Hall–Kier alpha value is -0.870. The predicted octanol–water partition coefficient (Wildman–Crippen LogP) is 2.76. The van der Waals surface area contributed by atoms with Crippen molar-refractivity contribution >= 4 is 21.8 Å². The zero-order valence-corrected chi connectivity index (χ0v) is 12.6. The van der Waals surface area contributed by atoms with Gasteiger partial charge in [-0.2, -0.15) is 0 Å². The Kier molecular flexibility index (Phi) is 3.89. The summed E-state index contributed by atoms with van der Waals surface area (Å²) in [4.78, 5) is 17.1. The molecule has 0 spiro atoms. The molecule has 1 atom stereocenters. The summed E-state index contributed by atoms with van der Waals surface area (Å²) >= 11 is 3.47. The van der Waals surface area contributed by atoms with Crippen LogP contribution in [-0.2, 0) is 0 Å². The first-order valence-corrected chi connectivity index (χ1v) is 7.83. The lowest BCUT2D eigenvalue weighted by molar-refractivity contribution is 0.0372. The fourth-order valence-corrected chi connectivity index (χ4v) is 3.60. The van der Waals surface area contributed by atoms with E-state index >= 15 is 0 Å². The van der Waals surface area contributed by atoms with E-state index in [9.17, 15) is 4.79 Å². The molecule has 0 aromatic heterocycles. The van der Waals surface area contributed by atoms with Gasteiger partial charge in [0.2, 0.25) is 0 Å². The molecule has 2 fully saturated rings. The Morgan fingerprint density at radius 1 is 1.16 bits per heavy atom. The van der Waals surface area contributed by atoms with Gasteiger partial charge in [0.15, 0.2) is 0 Å². The van der Waals surface area contributed by atoms with Crippen molar-refractivity contribution in [1.29, 1.82) is 0 Å². The molecular formula is C15H19BrN2O. The van der Waals surface area contributed by atoms with Gasteiger partial charge in [-0.3, -0.25) is 9.69 Å². The van der Waals surface area contributed by atoms with E-state index in [2.05, 4.69) is 20.8 Å². The van der Waals surface area contributed by atoms with E-state index in [1.165, 1.54) is 25.8 Å². The van der Waals surface area contributed by atoms with Crippen molar-refractivity contribution in [2.24, 2.45) is 0 Å². The summed E-state index contributed by atoms with van der Waals surface area (Å²) < 4.78 is 0.895. The normalized spacial score (nSPS) is 24.1. The highest BCUT2D eigenvalue weighted by Gasteiger charge is 2.31. The molecule has 2 aliphatic rings. The second kappa shape index (κ2) is 5.63. The zero-order chi connectivity index (χ0) is 13.2. The van der Waals surface area contributed by atoms with Crippen LogP contribution in [0.4, 0.5) is 0 Å². The first-order valence-electron chi connectivity index (χ1n) is 7.03. The Bertz CT molecular complexity index is 477. The smallest absolute Gasteiger partial charge is 0.255 e. The molecule has 1 unspecified atom stereocenters. The van der Waals surface area contributed by atoms with Gasteiger partial charge in [0, 0.05) is 30.1 Å². The molecule has 0 N–H and O–H groups in total. The molecule has 1 aromatic carbocycles. The average molecular weight is 323 g/mol. The van der Waals surface area contributed by atoms with Crippen molar-refractivity contribution in [2.75, 3.05) is 26.2 Å². The van der Waals surface area contributed by atoms with Gasteiger partial charge in [0.25, 0.3) is 5.91 Å². The quantitative estimate of drug-likeness (QED) is 0.793. The van der Waals surface area contributed by atoms with E-state index in [4.69, 9.17) is 0 Å². The zero-order valence-electron chi connectivity index (χ0n) is 11.0. The van der Waals surface area contributed by atoms with Crippen LogP contribution in [0.2, 0.25) is 0 Å². The van der Waals surface area contributed by atoms with E-state index in [-0.39, 0.29) is 5.91 Å². The van der Waals surface area contributed by atoms with Gasteiger partial charge < -0.3 is 4.90 Å². The maximum atomic E-state index is 12.6. The molecule has 102 valence electrons. The molecule has 4 heteroatoms. The lowest BCUT2D eigenvalue weighted by Gasteiger charge is -2.44. The third-order valence-corrected chi connectivity index (χ3v) is 4.92. The number of fused-ring (bicyclic) bond motifs is 1. The van der Waals surface area contributed by atoms with Crippen molar-refractivity contribution in [1.82, 2.24) is 9.80 Å². The first kappa shape index (κ1) is 13.1. The van der Waals surface area contributed by atoms with Crippen LogP contribution in [0, 0.1) is 0 Å². The van der Waals surface area contributed by atoms with E-state index < -0.39 is 0 Å². The minimum Gasteiger partial charge on any atom is -0.336 e. The molecule has 0 saturated carbocycles. The fraction of sp³-hybridized carbons (Fsp3) is 0.533. The maximum Gasteiger partial charge on any atom is 0.255 e. The number of halogens is 1. The molecule has 3 nitrogen and oxygen atoms in total. The van der Waals surface area contributed by atoms with Gasteiger partial charge in [-0.1, -0.05) is 18.6 Å². The van der Waals surface area contributed by atoms with Gasteiger partial charge >= 0.3 is 0 Å². The summed E-state index contributed by atoms with van der Waals surface area (Å²) in [5, 5.41) is 0. The van der Waals surface area contributed by atoms with Gasteiger partial charge in [0.1, 0.15) is 0 Å². The number of hydrogen-bond acceptors (Lipinski definition) is 2. The van der Waals surface area contributed by atoms with Crippen LogP contribution >= 0.6 is 15.9 Å².